The summed E-state index contributed by atoms with van der Waals surface area (Å²) in [4.78, 5) is 0. The first-order valence-corrected chi connectivity index (χ1v) is 4.70. The topological polar surface area (TPSA) is 32.3 Å². The van der Waals surface area contributed by atoms with Crippen molar-refractivity contribution in [1.82, 2.24) is 0 Å². The zero-order valence-electron chi connectivity index (χ0n) is 6.86. The van der Waals surface area contributed by atoms with Crippen LogP contribution in [0, 0.1) is 0 Å². The Bertz CT molecular complexity index is 254. The molecule has 0 unspecified atom stereocenters. The van der Waals surface area contributed by atoms with E-state index in [1.54, 1.807) is 0 Å². The van der Waals surface area contributed by atoms with Gasteiger partial charge in [-0.05, 0) is 31.2 Å². The predicted octanol–water partition coefficient (Wildman–Crippen LogP) is 0.777. The van der Waals surface area contributed by atoms with Crippen molar-refractivity contribution in [2.45, 2.75) is 6.92 Å². The molecule has 0 spiro atoms. The third kappa shape index (κ3) is 2.65. The Labute approximate surface area is 73.6 Å². The first kappa shape index (κ1) is 9.24. The van der Waals surface area contributed by atoms with Crippen molar-refractivity contribution in [3.8, 4) is 5.75 Å². The molecule has 0 aliphatic heterocycles. The van der Waals surface area contributed by atoms with Gasteiger partial charge in [-0.2, -0.15) is 5.98 Å². The monoisotopic (exact) mass is 181 g/mol. The molecule has 0 atom stereocenters. The van der Waals surface area contributed by atoms with Crippen LogP contribution in [0.5, 0.6) is 5.75 Å². The van der Waals surface area contributed by atoms with Crippen LogP contribution in [0.4, 0.5) is 0 Å². The molecule has 0 fully saturated rings. The molecule has 0 aromatic heterocycles. The van der Waals surface area contributed by atoms with Gasteiger partial charge in [0.2, 0.25) is 0 Å². The van der Waals surface area contributed by atoms with Gasteiger partial charge in [0.1, 0.15) is 5.75 Å². The first-order chi connectivity index (χ1) is 5.86. The van der Waals surface area contributed by atoms with Crippen LogP contribution in [0.15, 0.2) is 24.3 Å². The zero-order chi connectivity index (χ0) is 8.81. The summed E-state index contributed by atoms with van der Waals surface area (Å²) in [5, 5.41) is 11.1. The predicted molar refractivity (Wildman–Crippen MR) is 50.2 cm³/mol. The van der Waals surface area contributed by atoms with E-state index in [0.29, 0.717) is 14.8 Å². The van der Waals surface area contributed by atoms with Crippen LogP contribution in [0.2, 0.25) is 0 Å². The lowest BCUT2D eigenvalue weighted by atomic mass is 10.3. The highest BCUT2D eigenvalue weighted by atomic mass is 31.1. The summed E-state index contributed by atoms with van der Waals surface area (Å²) in [5.41, 5.74) is 0. The van der Waals surface area contributed by atoms with E-state index in [2.05, 4.69) is 0 Å². The van der Waals surface area contributed by atoms with Crippen LogP contribution in [-0.2, 0) is 0 Å². The van der Waals surface area contributed by atoms with Crippen LogP contribution in [0.1, 0.15) is 6.92 Å². The smallest absolute Gasteiger partial charge is 0.119 e. The fourth-order valence-corrected chi connectivity index (χ4v) is 1.30. The van der Waals surface area contributed by atoms with Gasteiger partial charge in [0, 0.05) is 5.30 Å². The van der Waals surface area contributed by atoms with E-state index in [9.17, 15) is 5.11 Å². The lowest BCUT2D eigenvalue weighted by molar-refractivity contribution is -0.195. The number of ether oxygens (including phenoxy) is 1. The van der Waals surface area contributed by atoms with Crippen LogP contribution in [0.3, 0.4) is 0 Å². The standard InChI is InChI=1S/C9H11O2P/c1-2-11-8-3-5-9(6-4-8)12-7-10/h3-7,10H,2H2,1H3/p-1. The highest BCUT2D eigenvalue weighted by Gasteiger charge is 1.89. The van der Waals surface area contributed by atoms with Gasteiger partial charge in [-0.25, -0.2) is 0 Å². The fourth-order valence-electron chi connectivity index (χ4n) is 0.856. The second kappa shape index (κ2) is 4.91. The van der Waals surface area contributed by atoms with E-state index in [1.165, 1.54) is 0 Å². The molecule has 12 heavy (non-hydrogen) atoms. The van der Waals surface area contributed by atoms with Crippen molar-refractivity contribution in [2.24, 2.45) is 0 Å². The van der Waals surface area contributed by atoms with E-state index in [0.717, 1.165) is 17.0 Å². The second-order valence-electron chi connectivity index (χ2n) is 2.16. The Morgan fingerprint density at radius 2 is 2.08 bits per heavy atom. The Morgan fingerprint density at radius 1 is 1.42 bits per heavy atom. The van der Waals surface area contributed by atoms with E-state index in [1.807, 2.05) is 31.2 Å². The second-order valence-corrected chi connectivity index (χ2v) is 3.15. The van der Waals surface area contributed by atoms with Crippen LogP contribution >= 0.6 is 8.20 Å². The highest BCUT2D eigenvalue weighted by Crippen LogP contribution is 2.09. The normalized spacial score (nSPS) is 10.5. The summed E-state index contributed by atoms with van der Waals surface area (Å²) in [6.45, 7) is 2.61. The maximum absolute atomic E-state index is 10.1. The molecule has 0 aliphatic carbocycles. The van der Waals surface area contributed by atoms with Gasteiger partial charge in [-0.3, -0.25) is 0 Å². The van der Waals surface area contributed by atoms with E-state index >= 15 is 0 Å². The zero-order valence-corrected chi connectivity index (χ0v) is 7.75. The summed E-state index contributed by atoms with van der Waals surface area (Å²) in [7, 11) is 0.708. The van der Waals surface area contributed by atoms with Crippen molar-refractivity contribution < 1.29 is 9.84 Å². The molecule has 0 N–H and O–H groups in total. The van der Waals surface area contributed by atoms with E-state index < -0.39 is 0 Å². The minimum atomic E-state index is 0.671. The molecule has 1 rings (SSSR count). The molecule has 0 saturated heterocycles. The molecule has 1 aromatic rings. The number of rotatable bonds is 3. The minimum Gasteiger partial charge on any atom is -0.830 e. The maximum atomic E-state index is 10.1. The van der Waals surface area contributed by atoms with Gasteiger partial charge >= 0.3 is 0 Å². The summed E-state index contributed by atoms with van der Waals surface area (Å²) in [5.74, 6) is 1.72. The number of hydrogen-bond donors (Lipinski definition) is 0. The van der Waals surface area contributed by atoms with Crippen molar-refractivity contribution in [3.05, 3.63) is 24.3 Å². The highest BCUT2D eigenvalue weighted by molar-refractivity contribution is 7.46. The lowest BCUT2D eigenvalue weighted by Crippen LogP contribution is -1.98. The molecule has 0 heterocycles. The third-order valence-electron chi connectivity index (χ3n) is 1.35. The summed E-state index contributed by atoms with van der Waals surface area (Å²) < 4.78 is 5.25. The van der Waals surface area contributed by atoms with Gasteiger partial charge in [-0.1, -0.05) is 8.20 Å². The summed E-state index contributed by atoms with van der Waals surface area (Å²) >= 11 is 0. The number of benzene rings is 1. The molecule has 0 amide bonds. The molecule has 0 bridgehead atoms. The Morgan fingerprint density at radius 3 is 2.58 bits per heavy atom. The maximum Gasteiger partial charge on any atom is 0.119 e. The SMILES string of the molecule is CCOc1ccc(P=C[O-])cc1. The van der Waals surface area contributed by atoms with Crippen LogP contribution in [0.25, 0.3) is 0 Å². The summed E-state index contributed by atoms with van der Waals surface area (Å²) in [6, 6.07) is 7.52. The van der Waals surface area contributed by atoms with E-state index in [4.69, 9.17) is 4.74 Å². The molecular weight excluding hydrogens is 171 g/mol. The van der Waals surface area contributed by atoms with Crippen molar-refractivity contribution in [1.29, 1.82) is 0 Å². The van der Waals surface area contributed by atoms with Crippen molar-refractivity contribution in [2.75, 3.05) is 6.61 Å². The molecule has 3 heteroatoms. The fraction of sp³-hybridized carbons (Fsp3) is 0.222. The Kier molecular flexibility index (Phi) is 3.78. The van der Waals surface area contributed by atoms with Gasteiger partial charge in [0.25, 0.3) is 0 Å². The molecule has 1 aromatic carbocycles. The van der Waals surface area contributed by atoms with Gasteiger partial charge in [0.05, 0.1) is 6.61 Å². The molecule has 64 valence electrons. The van der Waals surface area contributed by atoms with Gasteiger partial charge in [-0.15, -0.1) is 0 Å². The minimum absolute atomic E-state index is 0.671. The third-order valence-corrected chi connectivity index (χ3v) is 2.05. The number of hydrogen-bond acceptors (Lipinski definition) is 2. The summed E-state index contributed by atoms with van der Waals surface area (Å²) in [6.07, 6.45) is 0. The average Bonchev–Trinajstić information content (AvgIpc) is 2.09. The molecule has 0 saturated carbocycles. The van der Waals surface area contributed by atoms with Crippen LogP contribution < -0.4 is 15.1 Å². The Balaban J connectivity index is 2.71. The molecule has 0 aliphatic rings. The van der Waals surface area contributed by atoms with Gasteiger partial charge in [0.15, 0.2) is 0 Å². The largest absolute Gasteiger partial charge is 0.830 e. The van der Waals surface area contributed by atoms with Crippen LogP contribution in [-0.4, -0.2) is 12.6 Å². The lowest BCUT2D eigenvalue weighted by Gasteiger charge is -2.02. The molecular formula is C9H10O2P-. The van der Waals surface area contributed by atoms with Crippen molar-refractivity contribution in [3.63, 3.8) is 0 Å². The molecule has 2 nitrogen and oxygen atoms in total. The average molecular weight is 181 g/mol. The first-order valence-electron chi connectivity index (χ1n) is 3.74. The van der Waals surface area contributed by atoms with E-state index in [-0.39, 0.29) is 0 Å². The van der Waals surface area contributed by atoms with Gasteiger partial charge < -0.3 is 9.84 Å². The Hall–Kier alpha value is -0.850. The quantitative estimate of drug-likeness (QED) is 0.645. The molecule has 0 radical (unpaired) electrons. The van der Waals surface area contributed by atoms with Crippen molar-refractivity contribution >= 4 is 19.5 Å².